The van der Waals surface area contributed by atoms with Crippen molar-refractivity contribution < 1.29 is 200 Å². The van der Waals surface area contributed by atoms with E-state index in [0.717, 1.165) is 0 Å². The smallest absolute Gasteiger partial charge is 0.470 e. The Labute approximate surface area is 476 Å². The second-order valence-corrected chi connectivity index (χ2v) is 23.7. The van der Waals surface area contributed by atoms with E-state index < -0.39 is 265 Å². The molecule has 0 bridgehead atoms. The fraction of sp³-hybridized carbons (Fsp3) is 0.974. The summed E-state index contributed by atoms with van der Waals surface area (Å²) in [6.07, 6.45) is -64.4. The molecule has 0 amide bonds. The molecule has 6 saturated heterocycles. The summed E-state index contributed by atoms with van der Waals surface area (Å²) < 4.78 is 112. The fourth-order valence-electron chi connectivity index (χ4n) is 9.87. The number of aliphatic hydroxyl groups excluding tert-OH is 16. The Kier molecular flexibility index (Phi) is 25.2. The minimum Gasteiger partial charge on any atom is -0.477 e. The van der Waals surface area contributed by atoms with Crippen molar-refractivity contribution in [1.29, 1.82) is 0 Å². The Morgan fingerprint density at radius 1 is 0.494 bits per heavy atom. The predicted octanol–water partition coefficient (Wildman–Crippen LogP) is -14.6. The van der Waals surface area contributed by atoms with Gasteiger partial charge in [0.1, 0.15) is 140 Å². The van der Waals surface area contributed by atoms with Crippen LogP contribution in [0.1, 0.15) is 6.42 Å². The average Bonchev–Trinajstić information content (AvgIpc) is 3.13. The lowest BCUT2D eigenvalue weighted by Gasteiger charge is -2.51. The van der Waals surface area contributed by atoms with Gasteiger partial charge in [0.15, 0.2) is 31.5 Å². The van der Waals surface area contributed by atoms with Gasteiger partial charge >= 0.3 is 29.4 Å². The third-order valence-corrected chi connectivity index (χ3v) is 15.8. The minimum absolute atomic E-state index is 0.863. The molecule has 6 aliphatic rings. The Balaban J connectivity index is 1.29. The molecule has 6 rings (SSSR count). The zero-order valence-electron chi connectivity index (χ0n) is 43.4. The van der Waals surface area contributed by atoms with Crippen molar-refractivity contribution >= 4 is 29.4 Å². The molecule has 85 heavy (non-hydrogen) atoms. The number of carbonyl (C=O) groups is 1. The number of nitrogens with two attached hydrogens (primary N) is 2. The number of carboxylic acids is 1. The zero-order chi connectivity index (χ0) is 63.7. The van der Waals surface area contributed by atoms with E-state index in [-0.39, 0.29) is 0 Å². The molecule has 498 valence electrons. The van der Waals surface area contributed by atoms with Crippen LogP contribution in [-0.4, -0.2) is 351 Å². The number of rotatable bonds is 25. The molecular weight excluding hydrogens is 1250 g/mol. The fourth-order valence-corrected chi connectivity index (χ4v) is 11.6. The van der Waals surface area contributed by atoms with Crippen molar-refractivity contribution in [3.63, 3.8) is 0 Å². The van der Waals surface area contributed by atoms with Crippen LogP contribution in [0.5, 0.6) is 0 Å². The number of aliphatic hydroxyl groups is 16. The maximum absolute atomic E-state index is 13.3. The molecule has 6 heterocycles. The number of carboxylic acid groups (broad SMARTS) is 1. The van der Waals surface area contributed by atoms with E-state index in [9.17, 15) is 135 Å². The normalized spacial score (nSPS) is 45.9. The molecule has 6 aliphatic heterocycles. The quantitative estimate of drug-likeness (QED) is 0.0377. The summed E-state index contributed by atoms with van der Waals surface area (Å²) in [5, 5.41) is 180. The van der Waals surface area contributed by atoms with E-state index in [2.05, 4.69) is 4.52 Å². The highest BCUT2D eigenvalue weighted by atomic mass is 31.2. The van der Waals surface area contributed by atoms with Crippen molar-refractivity contribution in [3.05, 3.63) is 0 Å². The summed E-state index contributed by atoms with van der Waals surface area (Å²) in [5.74, 6) is -5.85. The average molecular weight is 1320 g/mol. The largest absolute Gasteiger partial charge is 0.477 e. The summed E-state index contributed by atoms with van der Waals surface area (Å²) in [6.45, 7) is -7.40. The molecule has 0 spiro atoms. The minimum atomic E-state index is -6.03. The molecule has 27 N–H and O–H groups in total. The summed E-state index contributed by atoms with van der Waals surface area (Å²) in [6, 6.07) is -3.39. The first-order valence-electron chi connectivity index (χ1n) is 25.1. The Morgan fingerprint density at radius 2 is 0.988 bits per heavy atom. The van der Waals surface area contributed by atoms with Crippen LogP contribution in [-0.2, 0) is 84.2 Å². The van der Waals surface area contributed by atoms with Crippen LogP contribution >= 0.6 is 23.5 Å². The second kappa shape index (κ2) is 29.5. The highest BCUT2D eigenvalue weighted by molar-refractivity contribution is 7.46. The van der Waals surface area contributed by atoms with E-state index >= 15 is 0 Å². The van der Waals surface area contributed by atoms with E-state index in [4.69, 9.17) is 72.6 Å². The molecule has 0 unspecified atom stereocenters. The van der Waals surface area contributed by atoms with E-state index in [0.29, 0.717) is 0 Å². The van der Waals surface area contributed by atoms with Crippen LogP contribution in [0.4, 0.5) is 0 Å². The van der Waals surface area contributed by atoms with Gasteiger partial charge in [-0.2, -0.15) is 0 Å². The molecule has 0 aliphatic carbocycles. The van der Waals surface area contributed by atoms with Crippen molar-refractivity contribution in [1.82, 2.24) is 0 Å². The number of phosphoric acid groups is 3. The van der Waals surface area contributed by atoms with Gasteiger partial charge < -0.3 is 180 Å². The summed E-state index contributed by atoms with van der Waals surface area (Å²) in [5.41, 5.74) is 11.6. The maximum atomic E-state index is 13.3. The van der Waals surface area contributed by atoms with Crippen LogP contribution in [0, 0.1) is 0 Å². The van der Waals surface area contributed by atoms with Gasteiger partial charge in [-0.05, 0) is 0 Å². The second-order valence-electron chi connectivity index (χ2n) is 20.1. The van der Waals surface area contributed by atoms with Gasteiger partial charge in [0, 0.05) is 6.42 Å². The van der Waals surface area contributed by atoms with Gasteiger partial charge in [-0.25, -0.2) is 18.5 Å². The molecule has 0 saturated carbocycles. The summed E-state index contributed by atoms with van der Waals surface area (Å²) >= 11 is 0. The summed E-state index contributed by atoms with van der Waals surface area (Å²) in [7, 11) is -17.7. The molecule has 46 heteroatoms. The number of aliphatic carboxylic acids is 1. The van der Waals surface area contributed by atoms with Gasteiger partial charge in [0.25, 0.3) is 5.79 Å². The van der Waals surface area contributed by atoms with Crippen molar-refractivity contribution in [2.75, 3.05) is 39.6 Å². The molecule has 0 aromatic rings. The number of ether oxygens (including phenoxy) is 11. The third kappa shape index (κ3) is 17.2. The standard InChI is InChI=1S/C39H71N2O41P3/c40-15-19(50)18(49)13(71-33(15)57)6-69-34-16(41)20(51)29(81-84(63,64)65)14(74-34)7-70-39(38(58)59)1-10(80-83(60,61)62)30(27(79-39)9(47)3-43)77-37-25(56)31(82-85(66,67)68)32(26(75-37)8(46)2-42)78-36-24(55)22(53)28(12(5-45)73-36)76-35-23(54)21(52)17(48)11(4-44)72-35/h8-37,42-57H,1-7,40-41H2,(H,58,59)(H2,60,61,62)(H2,63,64,65)(H2,66,67,68)/t8-,9+,10+,11+,12+,13+,14+,15+,16+,17+,18+,19+,20+,21-,22-,23+,24+,25-,26+,27+,28-,29+,30+,31+,32+,33-,34+,35+,36-,37+,39+/m0/s1. The lowest BCUT2D eigenvalue weighted by atomic mass is 9.91. The van der Waals surface area contributed by atoms with Crippen LogP contribution < -0.4 is 11.5 Å². The van der Waals surface area contributed by atoms with Crippen molar-refractivity contribution in [3.8, 4) is 0 Å². The van der Waals surface area contributed by atoms with E-state index in [1.165, 1.54) is 0 Å². The first-order chi connectivity index (χ1) is 39.4. The topological polar surface area (TPSA) is 715 Å². The third-order valence-electron chi connectivity index (χ3n) is 14.2. The van der Waals surface area contributed by atoms with Crippen molar-refractivity contribution in [2.45, 2.75) is 196 Å². The number of phosphoric ester groups is 3. The van der Waals surface area contributed by atoms with Gasteiger partial charge in [-0.1, -0.05) is 0 Å². The lowest BCUT2D eigenvalue weighted by Crippen LogP contribution is -2.69. The molecule has 43 nitrogen and oxygen atoms in total. The monoisotopic (exact) mass is 1320 g/mol. The lowest BCUT2D eigenvalue weighted by molar-refractivity contribution is -0.392. The predicted molar refractivity (Wildman–Crippen MR) is 253 cm³/mol. The Bertz CT molecular complexity index is 2290. The zero-order valence-corrected chi connectivity index (χ0v) is 46.1. The molecule has 0 radical (unpaired) electrons. The molecular formula is C39H71N2O41P3. The van der Waals surface area contributed by atoms with E-state index in [1.807, 2.05) is 0 Å². The molecule has 0 aromatic heterocycles. The first-order valence-corrected chi connectivity index (χ1v) is 29.7. The molecule has 0 aromatic carbocycles. The summed E-state index contributed by atoms with van der Waals surface area (Å²) in [4.78, 5) is 73.2. The molecule has 6 fully saturated rings. The van der Waals surface area contributed by atoms with Crippen LogP contribution in [0.3, 0.4) is 0 Å². The van der Waals surface area contributed by atoms with Gasteiger partial charge in [0.2, 0.25) is 0 Å². The first kappa shape index (κ1) is 72.7. The van der Waals surface area contributed by atoms with Crippen LogP contribution in [0.15, 0.2) is 0 Å². The van der Waals surface area contributed by atoms with E-state index in [1.54, 1.807) is 0 Å². The van der Waals surface area contributed by atoms with Gasteiger partial charge in [-0.3, -0.25) is 13.6 Å². The maximum Gasteiger partial charge on any atom is 0.470 e. The van der Waals surface area contributed by atoms with Gasteiger partial charge in [0.05, 0.1) is 51.7 Å². The van der Waals surface area contributed by atoms with Crippen LogP contribution in [0.2, 0.25) is 0 Å². The van der Waals surface area contributed by atoms with Crippen molar-refractivity contribution in [2.24, 2.45) is 11.5 Å². The Morgan fingerprint density at radius 3 is 1.54 bits per heavy atom. The SMILES string of the molecule is N[C@@H]1[C@@H](O)[C@H](O)[C@@H](CO[C@@H]2O[C@H](CO[C@]3(C(=O)O)C[C@@H](OP(=O)(O)O)[C@@H](O[C@H]4O[C@H]([C@@H](O)CO)[C@@H](O[C@@H]5O[C@H](CO)[C@H](O[C@H]6O[C@H](CO)[C@@H](O)[C@H](O)[C@H]6O)[C@@H](O)[C@H]5O)[C@H](OP(=O)(O)O)[C@@H]4O)[C@@H]([C@H](O)CO)O3)[C@@H](OP(=O)(O)O)[C@H](O)[C@H]2N)O[C@@H]1O. The highest BCUT2D eigenvalue weighted by Gasteiger charge is 2.62. The molecule has 31 atom stereocenters. The number of hydrogen-bond donors (Lipinski definition) is 25. The number of hydrogen-bond acceptors (Lipinski definition) is 36. The van der Waals surface area contributed by atoms with Crippen LogP contribution in [0.25, 0.3) is 0 Å². The van der Waals surface area contributed by atoms with Gasteiger partial charge in [-0.15, -0.1) is 0 Å². The highest BCUT2D eigenvalue weighted by Crippen LogP contribution is 2.49. The Hall–Kier alpha value is -1.36.